The molecule has 2 aromatic rings. The molecule has 0 aliphatic heterocycles. The van der Waals surface area contributed by atoms with Crippen LogP contribution >= 0.6 is 0 Å². The number of phenolic OH excluding ortho intramolecular Hbond substituents is 1. The number of nitrogens with zero attached hydrogens (tertiary/aromatic N) is 2. The molecule has 0 atom stereocenters. The van der Waals surface area contributed by atoms with Crippen molar-refractivity contribution >= 4 is 0 Å². The van der Waals surface area contributed by atoms with Gasteiger partial charge in [0.25, 0.3) is 0 Å². The summed E-state index contributed by atoms with van der Waals surface area (Å²) in [6.07, 6.45) is 1.11. The molecule has 0 aliphatic carbocycles. The summed E-state index contributed by atoms with van der Waals surface area (Å²) in [6, 6.07) is 8.50. The average Bonchev–Trinajstić information content (AvgIpc) is 2.41. The third-order valence-corrected chi connectivity index (χ3v) is 2.45. The van der Waals surface area contributed by atoms with Crippen molar-refractivity contribution in [3.8, 4) is 17.1 Å². The fourth-order valence-electron chi connectivity index (χ4n) is 1.63. The number of benzene rings is 1. The maximum absolute atomic E-state index is 9.44. The maximum Gasteiger partial charge on any atom is 0.200 e. The van der Waals surface area contributed by atoms with Crippen molar-refractivity contribution in [3.05, 3.63) is 42.2 Å². The molecule has 2 rings (SSSR count). The number of methoxy groups -OCH3 is 2. The van der Waals surface area contributed by atoms with Crippen molar-refractivity contribution in [1.82, 2.24) is 9.97 Å². The van der Waals surface area contributed by atoms with Gasteiger partial charge in [0, 0.05) is 26.0 Å². The Morgan fingerprint density at radius 3 is 2.61 bits per heavy atom. The normalized spacial score (nSPS) is 10.8. The fourth-order valence-corrected chi connectivity index (χ4v) is 1.63. The van der Waals surface area contributed by atoms with Crippen LogP contribution in [-0.4, -0.2) is 29.3 Å². The van der Waals surface area contributed by atoms with E-state index in [9.17, 15) is 5.11 Å². The molecule has 1 aromatic heterocycles. The van der Waals surface area contributed by atoms with Gasteiger partial charge >= 0.3 is 0 Å². The first-order valence-corrected chi connectivity index (χ1v) is 5.42. The van der Waals surface area contributed by atoms with Crippen molar-refractivity contribution in [3.63, 3.8) is 0 Å². The number of hydrogen-bond acceptors (Lipinski definition) is 5. The molecular formula is C13H14N2O3. The van der Waals surface area contributed by atoms with Crippen LogP contribution in [0.15, 0.2) is 36.5 Å². The first-order valence-electron chi connectivity index (χ1n) is 5.42. The Bertz CT molecular complexity index is 527. The molecule has 94 valence electrons. The zero-order chi connectivity index (χ0) is 13.0. The topological polar surface area (TPSA) is 64.5 Å². The van der Waals surface area contributed by atoms with Crippen LogP contribution in [0.25, 0.3) is 11.4 Å². The van der Waals surface area contributed by atoms with Gasteiger partial charge in [0.2, 0.25) is 6.29 Å². The van der Waals surface area contributed by atoms with Crippen LogP contribution in [0.1, 0.15) is 12.0 Å². The lowest BCUT2D eigenvalue weighted by Crippen LogP contribution is -2.07. The largest absolute Gasteiger partial charge is 0.508 e. The number of aromatic nitrogens is 2. The van der Waals surface area contributed by atoms with Crippen molar-refractivity contribution < 1.29 is 14.6 Å². The van der Waals surface area contributed by atoms with Gasteiger partial charge in [-0.05, 0) is 18.2 Å². The number of hydrogen-bond donors (Lipinski definition) is 1. The first kappa shape index (κ1) is 12.5. The Kier molecular flexibility index (Phi) is 3.86. The van der Waals surface area contributed by atoms with Crippen LogP contribution < -0.4 is 0 Å². The highest BCUT2D eigenvalue weighted by atomic mass is 16.7. The van der Waals surface area contributed by atoms with Crippen LogP contribution in [0, 0.1) is 0 Å². The minimum Gasteiger partial charge on any atom is -0.508 e. The first-order chi connectivity index (χ1) is 8.74. The van der Waals surface area contributed by atoms with Crippen LogP contribution in [-0.2, 0) is 9.47 Å². The maximum atomic E-state index is 9.44. The molecule has 0 bridgehead atoms. The number of aromatic hydroxyl groups is 1. The van der Waals surface area contributed by atoms with E-state index in [1.807, 2.05) is 6.07 Å². The molecule has 0 amide bonds. The molecule has 0 saturated carbocycles. The molecule has 1 heterocycles. The lowest BCUT2D eigenvalue weighted by Gasteiger charge is -2.13. The predicted octanol–water partition coefficient (Wildman–Crippen LogP) is 2.14. The van der Waals surface area contributed by atoms with Crippen molar-refractivity contribution in [2.24, 2.45) is 0 Å². The average molecular weight is 246 g/mol. The van der Waals surface area contributed by atoms with Gasteiger partial charge in [0.15, 0.2) is 5.82 Å². The Morgan fingerprint density at radius 1 is 1.17 bits per heavy atom. The zero-order valence-electron chi connectivity index (χ0n) is 10.2. The van der Waals surface area contributed by atoms with Gasteiger partial charge < -0.3 is 14.6 Å². The monoisotopic (exact) mass is 246 g/mol. The van der Waals surface area contributed by atoms with Crippen molar-refractivity contribution in [2.75, 3.05) is 14.2 Å². The van der Waals surface area contributed by atoms with E-state index in [2.05, 4.69) is 9.97 Å². The Balaban J connectivity index is 2.38. The van der Waals surface area contributed by atoms with Gasteiger partial charge in [-0.15, -0.1) is 0 Å². The second-order valence-corrected chi connectivity index (χ2v) is 3.66. The van der Waals surface area contributed by atoms with Crippen molar-refractivity contribution in [2.45, 2.75) is 6.29 Å². The molecule has 0 unspecified atom stereocenters. The summed E-state index contributed by atoms with van der Waals surface area (Å²) in [5.41, 5.74) is 1.37. The van der Waals surface area contributed by atoms with E-state index in [0.717, 1.165) is 5.56 Å². The quantitative estimate of drug-likeness (QED) is 0.837. The molecule has 5 nitrogen and oxygen atoms in total. The van der Waals surface area contributed by atoms with Crippen LogP contribution in [0.4, 0.5) is 0 Å². The van der Waals surface area contributed by atoms with E-state index in [0.29, 0.717) is 11.5 Å². The van der Waals surface area contributed by atoms with E-state index in [4.69, 9.17) is 9.47 Å². The molecule has 1 aromatic carbocycles. The fraction of sp³-hybridized carbons (Fsp3) is 0.231. The van der Waals surface area contributed by atoms with E-state index >= 15 is 0 Å². The molecule has 0 aliphatic rings. The molecule has 0 radical (unpaired) electrons. The summed E-state index contributed by atoms with van der Waals surface area (Å²) < 4.78 is 10.3. The summed E-state index contributed by atoms with van der Waals surface area (Å²) in [5.74, 6) is 0.694. The van der Waals surface area contributed by atoms with E-state index in [1.165, 1.54) is 0 Å². The summed E-state index contributed by atoms with van der Waals surface area (Å²) >= 11 is 0. The van der Waals surface area contributed by atoms with Gasteiger partial charge in [-0.25, -0.2) is 9.97 Å². The molecule has 0 saturated heterocycles. The number of phenols is 1. The second kappa shape index (κ2) is 5.57. The van der Waals surface area contributed by atoms with Gasteiger partial charge in [0.1, 0.15) is 11.4 Å². The summed E-state index contributed by atoms with van der Waals surface area (Å²) in [6.45, 7) is 0. The minimum absolute atomic E-state index is 0.177. The smallest absolute Gasteiger partial charge is 0.200 e. The summed E-state index contributed by atoms with van der Waals surface area (Å²) in [4.78, 5) is 8.52. The predicted molar refractivity (Wildman–Crippen MR) is 65.9 cm³/mol. The highest BCUT2D eigenvalue weighted by molar-refractivity contribution is 5.57. The highest BCUT2D eigenvalue weighted by Crippen LogP contribution is 2.22. The molecule has 5 heteroatoms. The highest BCUT2D eigenvalue weighted by Gasteiger charge is 2.12. The SMILES string of the molecule is COC(OC)c1ccnc(-c2cccc(O)c2)n1. The Morgan fingerprint density at radius 2 is 1.94 bits per heavy atom. The van der Waals surface area contributed by atoms with Gasteiger partial charge in [-0.2, -0.15) is 0 Å². The molecule has 18 heavy (non-hydrogen) atoms. The summed E-state index contributed by atoms with van der Waals surface area (Å²) in [5, 5.41) is 9.44. The third-order valence-electron chi connectivity index (χ3n) is 2.45. The van der Waals surface area contributed by atoms with Gasteiger partial charge in [0.05, 0.1) is 0 Å². The molecule has 0 fully saturated rings. The lowest BCUT2D eigenvalue weighted by atomic mass is 10.2. The van der Waals surface area contributed by atoms with Gasteiger partial charge in [-0.3, -0.25) is 0 Å². The lowest BCUT2D eigenvalue weighted by molar-refractivity contribution is -0.108. The molecule has 0 spiro atoms. The molecular weight excluding hydrogens is 232 g/mol. The van der Waals surface area contributed by atoms with Crippen LogP contribution in [0.2, 0.25) is 0 Å². The van der Waals surface area contributed by atoms with Crippen LogP contribution in [0.3, 0.4) is 0 Å². The van der Waals surface area contributed by atoms with Crippen LogP contribution in [0.5, 0.6) is 5.75 Å². The van der Waals surface area contributed by atoms with Gasteiger partial charge in [-0.1, -0.05) is 12.1 Å². The minimum atomic E-state index is -0.524. The van der Waals surface area contributed by atoms with E-state index in [1.54, 1.807) is 44.7 Å². The number of ether oxygens (including phenoxy) is 2. The number of rotatable bonds is 4. The Labute approximate surface area is 105 Å². The van der Waals surface area contributed by atoms with Crippen molar-refractivity contribution in [1.29, 1.82) is 0 Å². The Hall–Kier alpha value is -1.98. The van der Waals surface area contributed by atoms with E-state index < -0.39 is 6.29 Å². The third kappa shape index (κ3) is 2.64. The zero-order valence-corrected chi connectivity index (χ0v) is 10.2. The standard InChI is InChI=1S/C13H14N2O3/c1-17-13(18-2)11-6-7-14-12(15-11)9-4-3-5-10(16)8-9/h3-8,13,16H,1-2H3. The van der Waals surface area contributed by atoms with E-state index in [-0.39, 0.29) is 5.75 Å². The molecule has 1 N–H and O–H groups in total. The second-order valence-electron chi connectivity index (χ2n) is 3.66. The summed E-state index contributed by atoms with van der Waals surface area (Å²) in [7, 11) is 3.09.